The minimum atomic E-state index is -0.257. The first kappa shape index (κ1) is 13.9. The molecule has 1 rings (SSSR count). The highest BCUT2D eigenvalue weighted by Gasteiger charge is 2.03. The third-order valence-electron chi connectivity index (χ3n) is 2.01. The standard InChI is InChI=1S/C12H14Cl2N2O/c1-2-3-4-7-15-12(17)16-9-5-6-10(13)11(14)8-9/h2-3,5-6,8H,4,7H2,1H3,(H2,15,16,17)/b3-2+. The van der Waals surface area contributed by atoms with Gasteiger partial charge in [-0.1, -0.05) is 35.4 Å². The number of carbonyl (C=O) groups is 1. The minimum Gasteiger partial charge on any atom is -0.338 e. The van der Waals surface area contributed by atoms with E-state index >= 15 is 0 Å². The Balaban J connectivity index is 2.42. The van der Waals surface area contributed by atoms with E-state index in [0.717, 1.165) is 6.42 Å². The number of benzene rings is 1. The molecule has 0 spiro atoms. The molecule has 92 valence electrons. The lowest BCUT2D eigenvalue weighted by molar-refractivity contribution is 0.252. The third-order valence-corrected chi connectivity index (χ3v) is 2.75. The van der Waals surface area contributed by atoms with Crippen molar-refractivity contribution in [1.82, 2.24) is 5.32 Å². The van der Waals surface area contributed by atoms with Gasteiger partial charge in [0.25, 0.3) is 0 Å². The van der Waals surface area contributed by atoms with Gasteiger partial charge < -0.3 is 10.6 Å². The summed E-state index contributed by atoms with van der Waals surface area (Å²) in [6.45, 7) is 2.53. The highest BCUT2D eigenvalue weighted by Crippen LogP contribution is 2.24. The van der Waals surface area contributed by atoms with Gasteiger partial charge in [0.05, 0.1) is 10.0 Å². The summed E-state index contributed by atoms with van der Waals surface area (Å²) < 4.78 is 0. The molecular formula is C12H14Cl2N2O. The van der Waals surface area contributed by atoms with Crippen LogP contribution < -0.4 is 10.6 Å². The number of anilines is 1. The molecule has 17 heavy (non-hydrogen) atoms. The first-order valence-corrected chi connectivity index (χ1v) is 6.00. The van der Waals surface area contributed by atoms with Crippen LogP contribution in [0.25, 0.3) is 0 Å². The maximum Gasteiger partial charge on any atom is 0.319 e. The van der Waals surface area contributed by atoms with Crippen LogP contribution in [0.2, 0.25) is 10.0 Å². The Bertz CT molecular complexity index is 419. The lowest BCUT2D eigenvalue weighted by Crippen LogP contribution is -2.29. The first-order valence-electron chi connectivity index (χ1n) is 5.24. The Morgan fingerprint density at radius 1 is 1.35 bits per heavy atom. The minimum absolute atomic E-state index is 0.257. The monoisotopic (exact) mass is 272 g/mol. The van der Waals surface area contributed by atoms with Crippen LogP contribution >= 0.6 is 23.2 Å². The number of rotatable bonds is 4. The predicted molar refractivity (Wildman–Crippen MR) is 72.9 cm³/mol. The molecule has 3 nitrogen and oxygen atoms in total. The quantitative estimate of drug-likeness (QED) is 0.629. The number of amides is 2. The second-order valence-electron chi connectivity index (χ2n) is 3.37. The fourth-order valence-electron chi connectivity index (χ4n) is 1.18. The van der Waals surface area contributed by atoms with E-state index in [9.17, 15) is 4.79 Å². The number of nitrogens with one attached hydrogen (secondary N) is 2. The first-order chi connectivity index (χ1) is 8.13. The van der Waals surface area contributed by atoms with E-state index < -0.39 is 0 Å². The van der Waals surface area contributed by atoms with Gasteiger partial charge in [-0.2, -0.15) is 0 Å². The average molecular weight is 273 g/mol. The van der Waals surface area contributed by atoms with Gasteiger partial charge in [0.1, 0.15) is 0 Å². The molecule has 0 atom stereocenters. The number of hydrogen-bond acceptors (Lipinski definition) is 1. The van der Waals surface area contributed by atoms with Gasteiger partial charge in [0, 0.05) is 12.2 Å². The summed E-state index contributed by atoms with van der Waals surface area (Å²) >= 11 is 11.6. The zero-order valence-corrected chi connectivity index (χ0v) is 11.0. The molecule has 0 radical (unpaired) electrons. The Hall–Kier alpha value is -1.19. The summed E-state index contributed by atoms with van der Waals surface area (Å²) in [5.41, 5.74) is 0.614. The lowest BCUT2D eigenvalue weighted by Gasteiger charge is -2.07. The molecule has 0 aromatic heterocycles. The molecular weight excluding hydrogens is 259 g/mol. The fourth-order valence-corrected chi connectivity index (χ4v) is 1.48. The predicted octanol–water partition coefficient (Wildman–Crippen LogP) is 4.08. The molecule has 0 aliphatic rings. The van der Waals surface area contributed by atoms with E-state index in [4.69, 9.17) is 23.2 Å². The molecule has 0 heterocycles. The molecule has 0 aliphatic carbocycles. The van der Waals surface area contributed by atoms with E-state index in [1.54, 1.807) is 18.2 Å². The molecule has 2 N–H and O–H groups in total. The molecule has 0 saturated heterocycles. The number of carbonyl (C=O) groups excluding carboxylic acids is 1. The van der Waals surface area contributed by atoms with E-state index in [2.05, 4.69) is 10.6 Å². The molecule has 1 aromatic carbocycles. The highest BCUT2D eigenvalue weighted by molar-refractivity contribution is 6.42. The van der Waals surface area contributed by atoms with Gasteiger partial charge in [-0.15, -0.1) is 0 Å². The summed E-state index contributed by atoms with van der Waals surface area (Å²) in [5.74, 6) is 0. The van der Waals surface area contributed by atoms with Gasteiger partial charge >= 0.3 is 6.03 Å². The summed E-state index contributed by atoms with van der Waals surface area (Å²) in [7, 11) is 0. The summed E-state index contributed by atoms with van der Waals surface area (Å²) in [6.07, 6.45) is 4.74. The molecule has 0 fully saturated rings. The molecule has 5 heteroatoms. The zero-order valence-electron chi connectivity index (χ0n) is 9.47. The molecule has 0 bridgehead atoms. The fraction of sp³-hybridized carbons (Fsp3) is 0.250. The van der Waals surface area contributed by atoms with E-state index in [1.165, 1.54) is 0 Å². The van der Waals surface area contributed by atoms with E-state index in [-0.39, 0.29) is 6.03 Å². The van der Waals surface area contributed by atoms with Crippen molar-refractivity contribution in [3.63, 3.8) is 0 Å². The number of halogens is 2. The van der Waals surface area contributed by atoms with E-state index in [0.29, 0.717) is 22.3 Å². The molecule has 0 aliphatic heterocycles. The maximum atomic E-state index is 11.4. The van der Waals surface area contributed by atoms with Crippen LogP contribution in [0.4, 0.5) is 10.5 Å². The van der Waals surface area contributed by atoms with Crippen LogP contribution in [-0.4, -0.2) is 12.6 Å². The molecule has 1 aromatic rings. The lowest BCUT2D eigenvalue weighted by atomic mass is 10.3. The van der Waals surface area contributed by atoms with Gasteiger partial charge in [-0.3, -0.25) is 0 Å². The van der Waals surface area contributed by atoms with Crippen molar-refractivity contribution in [2.24, 2.45) is 0 Å². The number of allylic oxidation sites excluding steroid dienone is 1. The second kappa shape index (κ2) is 7.20. The Morgan fingerprint density at radius 3 is 2.76 bits per heavy atom. The Morgan fingerprint density at radius 2 is 2.12 bits per heavy atom. The van der Waals surface area contributed by atoms with Gasteiger partial charge in [-0.25, -0.2) is 4.79 Å². The third kappa shape index (κ3) is 5.11. The smallest absolute Gasteiger partial charge is 0.319 e. The van der Waals surface area contributed by atoms with Gasteiger partial charge in [0.15, 0.2) is 0 Å². The van der Waals surface area contributed by atoms with Crippen molar-refractivity contribution in [1.29, 1.82) is 0 Å². The number of hydrogen-bond donors (Lipinski definition) is 2. The van der Waals surface area contributed by atoms with Crippen LogP contribution in [0.15, 0.2) is 30.4 Å². The summed E-state index contributed by atoms with van der Waals surface area (Å²) in [4.78, 5) is 11.4. The van der Waals surface area contributed by atoms with Crippen molar-refractivity contribution in [2.45, 2.75) is 13.3 Å². The largest absolute Gasteiger partial charge is 0.338 e. The van der Waals surface area contributed by atoms with Gasteiger partial charge in [-0.05, 0) is 31.5 Å². The van der Waals surface area contributed by atoms with Crippen molar-refractivity contribution in [3.05, 3.63) is 40.4 Å². The van der Waals surface area contributed by atoms with E-state index in [1.807, 2.05) is 19.1 Å². The van der Waals surface area contributed by atoms with Crippen LogP contribution in [0.1, 0.15) is 13.3 Å². The van der Waals surface area contributed by atoms with Crippen molar-refractivity contribution in [2.75, 3.05) is 11.9 Å². The summed E-state index contributed by atoms with van der Waals surface area (Å²) in [5, 5.41) is 6.27. The topological polar surface area (TPSA) is 41.1 Å². The average Bonchev–Trinajstić information content (AvgIpc) is 2.30. The Labute approximate surface area is 111 Å². The van der Waals surface area contributed by atoms with Gasteiger partial charge in [0.2, 0.25) is 0 Å². The SMILES string of the molecule is C/C=C/CCNC(=O)Nc1ccc(Cl)c(Cl)c1. The van der Waals surface area contributed by atoms with Crippen molar-refractivity contribution >= 4 is 34.9 Å². The Kier molecular flexibility index (Phi) is 5.87. The van der Waals surface area contributed by atoms with Crippen molar-refractivity contribution in [3.8, 4) is 0 Å². The summed E-state index contributed by atoms with van der Waals surface area (Å²) in [6, 6.07) is 4.68. The van der Waals surface area contributed by atoms with Crippen molar-refractivity contribution < 1.29 is 4.79 Å². The van der Waals surface area contributed by atoms with Crippen LogP contribution in [0.5, 0.6) is 0 Å². The number of urea groups is 1. The second-order valence-corrected chi connectivity index (χ2v) is 4.18. The van der Waals surface area contributed by atoms with Crippen LogP contribution in [0.3, 0.4) is 0 Å². The normalized spacial score (nSPS) is 10.5. The molecule has 0 unspecified atom stereocenters. The molecule has 2 amide bonds. The van der Waals surface area contributed by atoms with Crippen LogP contribution in [0, 0.1) is 0 Å². The molecule has 0 saturated carbocycles. The zero-order chi connectivity index (χ0) is 12.7. The highest BCUT2D eigenvalue weighted by atomic mass is 35.5. The maximum absolute atomic E-state index is 11.4. The van der Waals surface area contributed by atoms with Crippen LogP contribution in [-0.2, 0) is 0 Å².